The molecular formula is C8H8O4S. The molecule has 0 fully saturated rings. The average Bonchev–Trinajstić information content (AvgIpc) is 2.15. The molecule has 1 atom stereocenters. The smallest absolute Gasteiger partial charge is 0.338 e. The first kappa shape index (κ1) is 10.0. The number of benzene rings is 1. The highest BCUT2D eigenvalue weighted by Gasteiger charge is 2.20. The van der Waals surface area contributed by atoms with Crippen molar-refractivity contribution in [2.75, 3.05) is 0 Å². The van der Waals surface area contributed by atoms with Gasteiger partial charge in [-0.3, -0.25) is 4.18 Å². The van der Waals surface area contributed by atoms with Crippen LogP contribution in [0.15, 0.2) is 30.3 Å². The van der Waals surface area contributed by atoms with Gasteiger partial charge in [0, 0.05) is 0 Å². The van der Waals surface area contributed by atoms with Crippen LogP contribution in [0.4, 0.5) is 0 Å². The summed E-state index contributed by atoms with van der Waals surface area (Å²) in [4.78, 5) is 10.6. The van der Waals surface area contributed by atoms with Crippen LogP contribution >= 0.6 is 12.3 Å². The lowest BCUT2D eigenvalue weighted by molar-refractivity contribution is -0.145. The second kappa shape index (κ2) is 4.86. The van der Waals surface area contributed by atoms with Gasteiger partial charge in [0.2, 0.25) is 0 Å². The van der Waals surface area contributed by atoms with Crippen LogP contribution in [0.5, 0.6) is 0 Å². The van der Waals surface area contributed by atoms with Crippen molar-refractivity contribution in [3.8, 4) is 0 Å². The summed E-state index contributed by atoms with van der Waals surface area (Å²) in [5.74, 6) is -1.13. The van der Waals surface area contributed by atoms with Gasteiger partial charge in [0.05, 0.1) is 0 Å². The number of hydrogen-bond acceptors (Lipinski definition) is 4. The van der Waals surface area contributed by atoms with Crippen LogP contribution in [0.25, 0.3) is 0 Å². The molecule has 0 amide bonds. The fourth-order valence-corrected chi connectivity index (χ4v) is 1.19. The van der Waals surface area contributed by atoms with E-state index in [1.807, 2.05) is 0 Å². The van der Waals surface area contributed by atoms with Crippen LogP contribution in [0.3, 0.4) is 0 Å². The topological polar surface area (TPSA) is 66.8 Å². The maximum Gasteiger partial charge on any atom is 0.338 e. The zero-order chi connectivity index (χ0) is 9.68. The van der Waals surface area contributed by atoms with E-state index < -0.39 is 12.1 Å². The fraction of sp³-hybridized carbons (Fsp3) is 0.125. The Kier molecular flexibility index (Phi) is 3.75. The summed E-state index contributed by atoms with van der Waals surface area (Å²) >= 11 is 0.0521. The van der Waals surface area contributed by atoms with Crippen LogP contribution in [0.1, 0.15) is 11.7 Å². The van der Waals surface area contributed by atoms with Gasteiger partial charge in [-0.05, 0) is 5.56 Å². The summed E-state index contributed by atoms with van der Waals surface area (Å²) in [6.07, 6.45) is -1.13. The molecule has 1 aromatic rings. The van der Waals surface area contributed by atoms with E-state index in [1.54, 1.807) is 30.3 Å². The third-order valence-corrected chi connectivity index (χ3v) is 1.74. The molecule has 0 bridgehead atoms. The zero-order valence-electron chi connectivity index (χ0n) is 6.58. The molecule has 0 aromatic heterocycles. The maximum absolute atomic E-state index is 10.6. The second-order valence-electron chi connectivity index (χ2n) is 2.30. The number of carboxylic acid groups (broad SMARTS) is 1. The molecule has 0 saturated carbocycles. The van der Waals surface area contributed by atoms with Crippen molar-refractivity contribution in [3.63, 3.8) is 0 Å². The van der Waals surface area contributed by atoms with E-state index in [0.29, 0.717) is 5.56 Å². The van der Waals surface area contributed by atoms with Gasteiger partial charge in [0.1, 0.15) is 0 Å². The van der Waals surface area contributed by atoms with Crippen LogP contribution in [0, 0.1) is 0 Å². The molecule has 2 N–H and O–H groups in total. The Balaban J connectivity index is 2.82. The molecule has 0 aliphatic rings. The van der Waals surface area contributed by atoms with E-state index in [2.05, 4.69) is 4.18 Å². The average molecular weight is 200 g/mol. The fourth-order valence-electron chi connectivity index (χ4n) is 0.910. The first-order valence-corrected chi connectivity index (χ1v) is 4.20. The summed E-state index contributed by atoms with van der Waals surface area (Å²) in [7, 11) is 0. The molecule has 13 heavy (non-hydrogen) atoms. The lowest BCUT2D eigenvalue weighted by Crippen LogP contribution is -2.12. The first-order chi connectivity index (χ1) is 6.25. The largest absolute Gasteiger partial charge is 0.479 e. The molecule has 4 nitrogen and oxygen atoms in total. The summed E-state index contributed by atoms with van der Waals surface area (Å²) in [5, 5.41) is 8.71. The Labute approximate surface area is 79.6 Å². The standard InChI is InChI=1S/C8H8O4S/c9-8(10)7(12-13-11)6-4-2-1-3-5-6/h1-5,7,11H,(H,9,10). The molecule has 0 aliphatic carbocycles. The number of carboxylic acids is 1. The summed E-state index contributed by atoms with van der Waals surface area (Å²) in [6.45, 7) is 0. The van der Waals surface area contributed by atoms with Crippen LogP contribution < -0.4 is 0 Å². The summed E-state index contributed by atoms with van der Waals surface area (Å²) in [6, 6.07) is 8.42. The Morgan fingerprint density at radius 1 is 1.38 bits per heavy atom. The maximum atomic E-state index is 10.6. The number of hydrogen-bond donors (Lipinski definition) is 2. The minimum atomic E-state index is -1.13. The molecule has 1 aromatic carbocycles. The number of aliphatic carboxylic acids is 1. The van der Waals surface area contributed by atoms with Gasteiger partial charge in [0.15, 0.2) is 18.4 Å². The normalized spacial score (nSPS) is 12.4. The van der Waals surface area contributed by atoms with E-state index in [9.17, 15) is 4.79 Å². The van der Waals surface area contributed by atoms with Gasteiger partial charge < -0.3 is 9.66 Å². The minimum Gasteiger partial charge on any atom is -0.479 e. The molecule has 0 heterocycles. The molecule has 5 heteroatoms. The highest BCUT2D eigenvalue weighted by molar-refractivity contribution is 7.88. The van der Waals surface area contributed by atoms with Crippen molar-refractivity contribution in [3.05, 3.63) is 35.9 Å². The van der Waals surface area contributed by atoms with Crippen molar-refractivity contribution >= 4 is 18.3 Å². The van der Waals surface area contributed by atoms with Gasteiger partial charge in [-0.25, -0.2) is 4.79 Å². The van der Waals surface area contributed by atoms with Crippen molar-refractivity contribution < 1.29 is 18.6 Å². The minimum absolute atomic E-state index is 0.0521. The van der Waals surface area contributed by atoms with E-state index >= 15 is 0 Å². The van der Waals surface area contributed by atoms with E-state index in [0.717, 1.165) is 0 Å². The van der Waals surface area contributed by atoms with Gasteiger partial charge in [-0.1, -0.05) is 30.3 Å². The summed E-state index contributed by atoms with van der Waals surface area (Å²) in [5.41, 5.74) is 0.497. The van der Waals surface area contributed by atoms with Gasteiger partial charge >= 0.3 is 5.97 Å². The lowest BCUT2D eigenvalue weighted by atomic mass is 10.1. The lowest BCUT2D eigenvalue weighted by Gasteiger charge is -2.09. The van der Waals surface area contributed by atoms with E-state index in [1.165, 1.54) is 0 Å². The number of carbonyl (C=O) groups is 1. The second-order valence-corrected chi connectivity index (χ2v) is 2.64. The third kappa shape index (κ3) is 2.73. The van der Waals surface area contributed by atoms with Crippen molar-refractivity contribution in [1.29, 1.82) is 0 Å². The van der Waals surface area contributed by atoms with E-state index in [4.69, 9.17) is 9.66 Å². The van der Waals surface area contributed by atoms with E-state index in [-0.39, 0.29) is 12.3 Å². The Morgan fingerprint density at radius 2 is 2.00 bits per heavy atom. The zero-order valence-corrected chi connectivity index (χ0v) is 7.40. The first-order valence-electron chi connectivity index (χ1n) is 3.50. The Hall–Kier alpha value is -1.04. The highest BCUT2D eigenvalue weighted by atomic mass is 32.2. The van der Waals surface area contributed by atoms with Crippen molar-refractivity contribution in [2.45, 2.75) is 6.10 Å². The predicted molar refractivity (Wildman–Crippen MR) is 48.1 cm³/mol. The number of rotatable bonds is 4. The quantitative estimate of drug-likeness (QED) is 0.727. The van der Waals surface area contributed by atoms with Crippen molar-refractivity contribution in [2.24, 2.45) is 0 Å². The molecule has 0 saturated heterocycles. The Bertz CT molecular complexity index is 275. The van der Waals surface area contributed by atoms with Gasteiger partial charge in [-0.15, -0.1) is 0 Å². The third-order valence-electron chi connectivity index (χ3n) is 1.47. The molecule has 0 spiro atoms. The monoisotopic (exact) mass is 200 g/mol. The van der Waals surface area contributed by atoms with Gasteiger partial charge in [-0.2, -0.15) is 0 Å². The summed E-state index contributed by atoms with van der Waals surface area (Å²) < 4.78 is 12.9. The Morgan fingerprint density at radius 3 is 2.46 bits per heavy atom. The molecule has 1 unspecified atom stereocenters. The molecule has 0 aliphatic heterocycles. The molecule has 0 radical (unpaired) electrons. The molecular weight excluding hydrogens is 192 g/mol. The van der Waals surface area contributed by atoms with Crippen molar-refractivity contribution in [1.82, 2.24) is 0 Å². The highest BCUT2D eigenvalue weighted by Crippen LogP contribution is 2.21. The SMILES string of the molecule is O=C(O)C(OSO)c1ccccc1. The van der Waals surface area contributed by atoms with Crippen LogP contribution in [-0.2, 0) is 8.98 Å². The predicted octanol–water partition coefficient (Wildman–Crippen LogP) is 1.95. The van der Waals surface area contributed by atoms with Crippen LogP contribution in [-0.4, -0.2) is 15.6 Å². The molecule has 70 valence electrons. The van der Waals surface area contributed by atoms with Crippen LogP contribution in [0.2, 0.25) is 0 Å². The molecule has 1 rings (SSSR count). The van der Waals surface area contributed by atoms with Gasteiger partial charge in [0.25, 0.3) is 0 Å².